The van der Waals surface area contributed by atoms with Crippen molar-refractivity contribution in [1.82, 2.24) is 5.32 Å². The van der Waals surface area contributed by atoms with Crippen LogP contribution in [0, 0.1) is 5.82 Å². The highest BCUT2D eigenvalue weighted by Gasteiger charge is 2.13. The number of ether oxygens (including phenoxy) is 2. The standard InChI is InChI=1S/C18H21ClFNO3/c1-2-23-17-10-14(11-21-7-8-22)9-16(19)18(17)24-12-13-3-5-15(20)6-4-13/h3-6,9-10,21-22H,2,7-8,11-12H2,1H3. The molecule has 2 aromatic carbocycles. The molecule has 0 atom stereocenters. The van der Waals surface area contributed by atoms with Crippen LogP contribution in [0.3, 0.4) is 0 Å². The summed E-state index contributed by atoms with van der Waals surface area (Å²) in [5.41, 5.74) is 1.77. The van der Waals surface area contributed by atoms with Gasteiger partial charge in [-0.2, -0.15) is 0 Å². The monoisotopic (exact) mass is 353 g/mol. The fraction of sp³-hybridized carbons (Fsp3) is 0.333. The molecule has 2 N–H and O–H groups in total. The summed E-state index contributed by atoms with van der Waals surface area (Å²) in [6.45, 7) is 3.78. The van der Waals surface area contributed by atoms with Crippen molar-refractivity contribution in [2.24, 2.45) is 0 Å². The first-order chi connectivity index (χ1) is 11.6. The van der Waals surface area contributed by atoms with Crippen molar-refractivity contribution in [3.8, 4) is 11.5 Å². The van der Waals surface area contributed by atoms with Crippen LogP contribution in [0.15, 0.2) is 36.4 Å². The zero-order chi connectivity index (χ0) is 17.4. The van der Waals surface area contributed by atoms with Crippen molar-refractivity contribution in [1.29, 1.82) is 0 Å². The molecule has 0 bridgehead atoms. The predicted molar refractivity (Wildman–Crippen MR) is 92.1 cm³/mol. The third kappa shape index (κ3) is 5.37. The molecule has 0 aromatic heterocycles. The van der Waals surface area contributed by atoms with Crippen molar-refractivity contribution < 1.29 is 19.0 Å². The molecule has 130 valence electrons. The van der Waals surface area contributed by atoms with Gasteiger partial charge < -0.3 is 19.9 Å². The zero-order valence-corrected chi connectivity index (χ0v) is 14.3. The van der Waals surface area contributed by atoms with E-state index in [9.17, 15) is 4.39 Å². The van der Waals surface area contributed by atoms with Crippen molar-refractivity contribution in [2.75, 3.05) is 19.8 Å². The molecule has 24 heavy (non-hydrogen) atoms. The number of aliphatic hydroxyl groups is 1. The van der Waals surface area contributed by atoms with Gasteiger partial charge in [0.05, 0.1) is 18.2 Å². The Morgan fingerprint density at radius 2 is 1.88 bits per heavy atom. The van der Waals surface area contributed by atoms with Gasteiger partial charge in [0, 0.05) is 13.1 Å². The van der Waals surface area contributed by atoms with Crippen molar-refractivity contribution >= 4 is 11.6 Å². The highest BCUT2D eigenvalue weighted by Crippen LogP contribution is 2.37. The summed E-state index contributed by atoms with van der Waals surface area (Å²) >= 11 is 6.33. The topological polar surface area (TPSA) is 50.7 Å². The fourth-order valence-corrected chi connectivity index (χ4v) is 2.46. The highest BCUT2D eigenvalue weighted by molar-refractivity contribution is 6.32. The minimum Gasteiger partial charge on any atom is -0.490 e. The normalized spacial score (nSPS) is 10.7. The van der Waals surface area contributed by atoms with Crippen molar-refractivity contribution in [3.05, 3.63) is 58.4 Å². The second kappa shape index (κ2) is 9.47. The van der Waals surface area contributed by atoms with Crippen molar-refractivity contribution in [2.45, 2.75) is 20.1 Å². The minimum absolute atomic E-state index is 0.0743. The van der Waals surface area contributed by atoms with Crippen LogP contribution in [0.4, 0.5) is 4.39 Å². The van der Waals surface area contributed by atoms with Crippen LogP contribution in [0.2, 0.25) is 5.02 Å². The lowest BCUT2D eigenvalue weighted by Gasteiger charge is -2.15. The minimum atomic E-state index is -0.286. The second-order valence-corrected chi connectivity index (χ2v) is 5.56. The maximum Gasteiger partial charge on any atom is 0.180 e. The SMILES string of the molecule is CCOc1cc(CNCCO)cc(Cl)c1OCc1ccc(F)cc1. The largest absolute Gasteiger partial charge is 0.490 e. The lowest BCUT2D eigenvalue weighted by Crippen LogP contribution is -2.17. The first kappa shape index (κ1) is 18.5. The number of benzene rings is 2. The Bertz CT molecular complexity index is 649. The Kier molecular flexibility index (Phi) is 7.31. The van der Waals surface area contributed by atoms with Gasteiger partial charge in [0.2, 0.25) is 0 Å². The zero-order valence-electron chi connectivity index (χ0n) is 13.5. The first-order valence-corrected chi connectivity index (χ1v) is 8.16. The van der Waals surface area contributed by atoms with Crippen LogP contribution < -0.4 is 14.8 Å². The van der Waals surface area contributed by atoms with E-state index in [1.807, 2.05) is 13.0 Å². The van der Waals surface area contributed by atoms with E-state index in [0.29, 0.717) is 36.2 Å². The van der Waals surface area contributed by atoms with Crippen LogP contribution in [-0.4, -0.2) is 24.9 Å². The molecule has 4 nitrogen and oxygen atoms in total. The number of halogens is 2. The Morgan fingerprint density at radius 3 is 2.54 bits per heavy atom. The third-order valence-electron chi connectivity index (χ3n) is 3.28. The molecule has 0 saturated carbocycles. The molecule has 0 unspecified atom stereocenters. The third-order valence-corrected chi connectivity index (χ3v) is 3.56. The Hall–Kier alpha value is -1.82. The molecule has 6 heteroatoms. The molecule has 2 aromatic rings. The molecule has 0 heterocycles. The van der Waals surface area contributed by atoms with E-state index >= 15 is 0 Å². The van der Waals surface area contributed by atoms with Gasteiger partial charge in [-0.3, -0.25) is 0 Å². The molecule has 0 radical (unpaired) electrons. The molecular formula is C18H21ClFNO3. The van der Waals surface area contributed by atoms with E-state index in [1.54, 1.807) is 18.2 Å². The fourth-order valence-electron chi connectivity index (χ4n) is 2.17. The van der Waals surface area contributed by atoms with Gasteiger partial charge in [0.15, 0.2) is 11.5 Å². The molecular weight excluding hydrogens is 333 g/mol. The van der Waals surface area contributed by atoms with Gasteiger partial charge in [0.1, 0.15) is 12.4 Å². The molecule has 0 spiro atoms. The molecule has 2 rings (SSSR count). The van der Waals surface area contributed by atoms with E-state index in [-0.39, 0.29) is 19.0 Å². The Morgan fingerprint density at radius 1 is 1.12 bits per heavy atom. The molecule has 0 aliphatic rings. The number of hydrogen-bond donors (Lipinski definition) is 2. The van der Waals surface area contributed by atoms with Gasteiger partial charge in [-0.15, -0.1) is 0 Å². The summed E-state index contributed by atoms with van der Waals surface area (Å²) in [6.07, 6.45) is 0. The van der Waals surface area contributed by atoms with Crippen molar-refractivity contribution in [3.63, 3.8) is 0 Å². The lowest BCUT2D eigenvalue weighted by molar-refractivity contribution is 0.269. The van der Waals surface area contributed by atoms with Crippen LogP contribution in [0.1, 0.15) is 18.1 Å². The summed E-state index contributed by atoms with van der Waals surface area (Å²) in [7, 11) is 0. The van der Waals surface area contributed by atoms with E-state index in [4.69, 9.17) is 26.2 Å². The maximum atomic E-state index is 12.9. The van der Waals surface area contributed by atoms with Gasteiger partial charge in [-0.1, -0.05) is 23.7 Å². The summed E-state index contributed by atoms with van der Waals surface area (Å²) < 4.78 is 24.4. The van der Waals surface area contributed by atoms with Crippen LogP contribution in [-0.2, 0) is 13.2 Å². The van der Waals surface area contributed by atoms with E-state index in [0.717, 1.165) is 11.1 Å². The van der Waals surface area contributed by atoms with E-state index in [2.05, 4.69) is 5.32 Å². The van der Waals surface area contributed by atoms with Gasteiger partial charge in [-0.05, 0) is 42.3 Å². The van der Waals surface area contributed by atoms with E-state index < -0.39 is 0 Å². The van der Waals surface area contributed by atoms with Gasteiger partial charge in [-0.25, -0.2) is 4.39 Å². The van der Waals surface area contributed by atoms with Crippen LogP contribution in [0.25, 0.3) is 0 Å². The van der Waals surface area contributed by atoms with Crippen LogP contribution >= 0.6 is 11.6 Å². The molecule has 0 aliphatic heterocycles. The number of nitrogens with one attached hydrogen (secondary N) is 1. The quantitative estimate of drug-likeness (QED) is 0.677. The lowest BCUT2D eigenvalue weighted by atomic mass is 10.2. The molecule has 0 fully saturated rings. The number of rotatable bonds is 9. The maximum absolute atomic E-state index is 12.9. The number of hydrogen-bond acceptors (Lipinski definition) is 4. The van der Waals surface area contributed by atoms with E-state index in [1.165, 1.54) is 12.1 Å². The predicted octanol–water partition coefficient (Wildman–Crippen LogP) is 3.54. The Balaban J connectivity index is 2.13. The molecule has 0 aliphatic carbocycles. The Labute approximate surface area is 146 Å². The average Bonchev–Trinajstić information content (AvgIpc) is 2.56. The molecule has 0 saturated heterocycles. The second-order valence-electron chi connectivity index (χ2n) is 5.15. The first-order valence-electron chi connectivity index (χ1n) is 7.78. The smallest absolute Gasteiger partial charge is 0.180 e. The summed E-state index contributed by atoms with van der Waals surface area (Å²) in [5, 5.41) is 12.4. The van der Waals surface area contributed by atoms with Crippen LogP contribution in [0.5, 0.6) is 11.5 Å². The van der Waals surface area contributed by atoms with Gasteiger partial charge in [0.25, 0.3) is 0 Å². The average molecular weight is 354 g/mol. The summed E-state index contributed by atoms with van der Waals surface area (Å²) in [5.74, 6) is 0.744. The summed E-state index contributed by atoms with van der Waals surface area (Å²) in [4.78, 5) is 0. The summed E-state index contributed by atoms with van der Waals surface area (Å²) in [6, 6.07) is 9.76. The van der Waals surface area contributed by atoms with Gasteiger partial charge >= 0.3 is 0 Å². The highest BCUT2D eigenvalue weighted by atomic mass is 35.5. The molecule has 0 amide bonds. The number of aliphatic hydroxyl groups excluding tert-OH is 1.